The van der Waals surface area contributed by atoms with E-state index in [1.54, 1.807) is 27.4 Å². The van der Waals surface area contributed by atoms with Crippen LogP contribution in [0.25, 0.3) is 0 Å². The molecule has 0 saturated heterocycles. The van der Waals surface area contributed by atoms with Gasteiger partial charge in [0.25, 0.3) is 0 Å². The molecule has 174 valence electrons. The van der Waals surface area contributed by atoms with Crippen LogP contribution in [0.3, 0.4) is 0 Å². The van der Waals surface area contributed by atoms with Gasteiger partial charge in [-0.1, -0.05) is 40.2 Å². The van der Waals surface area contributed by atoms with Crippen LogP contribution in [-0.2, 0) is 11.2 Å². The molecule has 6 nitrogen and oxygen atoms in total. The highest BCUT2D eigenvalue weighted by Crippen LogP contribution is 2.34. The Morgan fingerprint density at radius 2 is 1.39 bits per heavy atom. The Balaban J connectivity index is 1.87. The zero-order valence-electron chi connectivity index (χ0n) is 19.2. The highest BCUT2D eigenvalue weighted by molar-refractivity contribution is 9.10. The van der Waals surface area contributed by atoms with Crippen molar-refractivity contribution in [2.75, 3.05) is 27.9 Å². The minimum atomic E-state index is -0.335. The van der Waals surface area contributed by atoms with Gasteiger partial charge in [-0.25, -0.2) is 0 Å². The summed E-state index contributed by atoms with van der Waals surface area (Å²) in [5.74, 6) is 2.58. The second kappa shape index (κ2) is 11.6. The van der Waals surface area contributed by atoms with Gasteiger partial charge in [0, 0.05) is 4.47 Å². The number of ether oxygens (including phenoxy) is 4. The van der Waals surface area contributed by atoms with E-state index in [0.717, 1.165) is 32.7 Å². The number of carbonyl (C=O) groups is 1. The summed E-state index contributed by atoms with van der Waals surface area (Å²) in [7, 11) is 4.77. The third-order valence-electron chi connectivity index (χ3n) is 5.18. The third-order valence-corrected chi connectivity index (χ3v) is 5.92. The van der Waals surface area contributed by atoms with Crippen molar-refractivity contribution in [3.05, 3.63) is 81.8 Å². The molecule has 0 aliphatic heterocycles. The van der Waals surface area contributed by atoms with Crippen molar-refractivity contribution < 1.29 is 23.7 Å². The summed E-state index contributed by atoms with van der Waals surface area (Å²) in [6, 6.07) is 18.7. The molecule has 0 unspecified atom stereocenters. The lowest BCUT2D eigenvalue weighted by molar-refractivity contribution is -0.120. The highest BCUT2D eigenvalue weighted by atomic mass is 79.9. The van der Waals surface area contributed by atoms with Crippen molar-refractivity contribution in [2.24, 2.45) is 0 Å². The van der Waals surface area contributed by atoms with E-state index < -0.39 is 0 Å². The van der Waals surface area contributed by atoms with Crippen molar-refractivity contribution in [1.82, 2.24) is 5.32 Å². The average Bonchev–Trinajstić information content (AvgIpc) is 2.84. The number of nitrogens with one attached hydrogen (secondary N) is 1. The summed E-state index contributed by atoms with van der Waals surface area (Å²) < 4.78 is 22.3. The fourth-order valence-corrected chi connectivity index (χ4v) is 3.96. The monoisotopic (exact) mass is 513 g/mol. The van der Waals surface area contributed by atoms with Gasteiger partial charge in [-0.2, -0.15) is 0 Å². The van der Waals surface area contributed by atoms with Crippen LogP contribution in [0.15, 0.2) is 65.1 Å². The molecule has 0 aliphatic carbocycles. The quantitative estimate of drug-likeness (QED) is 0.397. The lowest BCUT2D eigenvalue weighted by atomic mass is 9.98. The molecule has 0 aromatic heterocycles. The summed E-state index contributed by atoms with van der Waals surface area (Å²) in [6.45, 7) is 2.54. The van der Waals surface area contributed by atoms with Gasteiger partial charge in [-0.3, -0.25) is 4.79 Å². The maximum Gasteiger partial charge on any atom is 0.225 e. The van der Waals surface area contributed by atoms with E-state index in [2.05, 4.69) is 21.2 Å². The topological polar surface area (TPSA) is 66.0 Å². The number of methoxy groups -OCH3 is 3. The lowest BCUT2D eigenvalue weighted by Gasteiger charge is -2.21. The standard InChI is InChI=1S/C26H28BrNO5/c1-5-33-21-12-8-18(9-13-21)26(17-6-10-20(30-2)11-7-17)28-25(29)15-19-14-23(31-3)24(32-4)16-22(19)27/h6-14,16,26H,5,15H2,1-4H3,(H,28,29)/t26-/m1/s1. The van der Waals surface area contributed by atoms with Gasteiger partial charge >= 0.3 is 0 Å². The molecule has 0 aliphatic rings. The predicted molar refractivity (Wildman–Crippen MR) is 132 cm³/mol. The molecular formula is C26H28BrNO5. The summed E-state index contributed by atoms with van der Waals surface area (Å²) in [6.07, 6.45) is 0.171. The van der Waals surface area contributed by atoms with Crippen molar-refractivity contribution >= 4 is 21.8 Å². The van der Waals surface area contributed by atoms with Crippen LogP contribution in [-0.4, -0.2) is 33.8 Å². The predicted octanol–water partition coefficient (Wildman–Crippen LogP) is 5.32. The van der Waals surface area contributed by atoms with Crippen molar-refractivity contribution in [3.63, 3.8) is 0 Å². The Morgan fingerprint density at radius 3 is 1.91 bits per heavy atom. The molecule has 0 radical (unpaired) electrons. The zero-order chi connectivity index (χ0) is 23.8. The third kappa shape index (κ3) is 6.20. The maximum atomic E-state index is 13.1. The van der Waals surface area contributed by atoms with E-state index in [0.29, 0.717) is 18.1 Å². The fourth-order valence-electron chi connectivity index (χ4n) is 3.50. The SMILES string of the molecule is CCOc1ccc([C@H](NC(=O)Cc2cc(OC)c(OC)cc2Br)c2ccc(OC)cc2)cc1. The maximum absolute atomic E-state index is 13.1. The van der Waals surface area contributed by atoms with Crippen molar-refractivity contribution in [3.8, 4) is 23.0 Å². The molecule has 1 amide bonds. The largest absolute Gasteiger partial charge is 0.497 e. The molecule has 1 atom stereocenters. The smallest absolute Gasteiger partial charge is 0.225 e. The average molecular weight is 514 g/mol. The molecular weight excluding hydrogens is 486 g/mol. The van der Waals surface area contributed by atoms with Gasteiger partial charge < -0.3 is 24.3 Å². The van der Waals surface area contributed by atoms with Gasteiger partial charge in [0.1, 0.15) is 11.5 Å². The van der Waals surface area contributed by atoms with Crippen LogP contribution in [0, 0.1) is 0 Å². The van der Waals surface area contributed by atoms with Crippen LogP contribution in [0.2, 0.25) is 0 Å². The Hall–Kier alpha value is -3.19. The second-order valence-corrected chi connectivity index (χ2v) is 8.11. The molecule has 0 spiro atoms. The lowest BCUT2D eigenvalue weighted by Crippen LogP contribution is -2.30. The molecule has 0 saturated carbocycles. The van der Waals surface area contributed by atoms with Crippen LogP contribution in [0.1, 0.15) is 29.7 Å². The fraction of sp³-hybridized carbons (Fsp3) is 0.269. The number of hydrogen-bond donors (Lipinski definition) is 1. The van der Waals surface area contributed by atoms with Gasteiger partial charge in [0.2, 0.25) is 5.91 Å². The zero-order valence-corrected chi connectivity index (χ0v) is 20.8. The van der Waals surface area contributed by atoms with Gasteiger partial charge in [0.15, 0.2) is 11.5 Å². The molecule has 0 heterocycles. The molecule has 1 N–H and O–H groups in total. The Bertz CT molecular complexity index is 1070. The first-order chi connectivity index (χ1) is 16.0. The van der Waals surface area contributed by atoms with E-state index in [4.69, 9.17) is 18.9 Å². The van der Waals surface area contributed by atoms with E-state index in [1.165, 1.54) is 0 Å². The van der Waals surface area contributed by atoms with E-state index in [-0.39, 0.29) is 18.4 Å². The van der Waals surface area contributed by atoms with Gasteiger partial charge in [0.05, 0.1) is 40.4 Å². The number of amides is 1. The first kappa shape index (κ1) is 24.5. The Kier molecular flexibility index (Phi) is 8.60. The molecule has 7 heteroatoms. The molecule has 3 rings (SSSR count). The number of carbonyl (C=O) groups excluding carboxylic acids is 1. The minimum Gasteiger partial charge on any atom is -0.497 e. The van der Waals surface area contributed by atoms with Crippen molar-refractivity contribution in [1.29, 1.82) is 0 Å². The molecule has 0 fully saturated rings. The van der Waals surface area contributed by atoms with E-state index in [1.807, 2.05) is 61.5 Å². The van der Waals surface area contributed by atoms with Gasteiger partial charge in [-0.15, -0.1) is 0 Å². The second-order valence-electron chi connectivity index (χ2n) is 7.25. The molecule has 3 aromatic rings. The summed E-state index contributed by atoms with van der Waals surface area (Å²) in [5.41, 5.74) is 2.69. The Labute approximate surface area is 202 Å². The van der Waals surface area contributed by atoms with Crippen LogP contribution in [0.4, 0.5) is 0 Å². The van der Waals surface area contributed by atoms with E-state index >= 15 is 0 Å². The number of rotatable bonds is 10. The van der Waals surface area contributed by atoms with Crippen LogP contribution >= 0.6 is 15.9 Å². The molecule has 3 aromatic carbocycles. The van der Waals surface area contributed by atoms with E-state index in [9.17, 15) is 4.79 Å². The number of benzene rings is 3. The molecule has 33 heavy (non-hydrogen) atoms. The van der Waals surface area contributed by atoms with Gasteiger partial charge in [-0.05, 0) is 60.0 Å². The summed E-state index contributed by atoms with van der Waals surface area (Å²) >= 11 is 3.53. The number of hydrogen-bond acceptors (Lipinski definition) is 5. The summed E-state index contributed by atoms with van der Waals surface area (Å²) in [4.78, 5) is 13.1. The highest BCUT2D eigenvalue weighted by Gasteiger charge is 2.19. The normalized spacial score (nSPS) is 11.4. The Morgan fingerprint density at radius 1 is 0.848 bits per heavy atom. The first-order valence-electron chi connectivity index (χ1n) is 10.6. The minimum absolute atomic E-state index is 0.127. The van der Waals surface area contributed by atoms with Crippen LogP contribution in [0.5, 0.6) is 23.0 Å². The first-order valence-corrected chi connectivity index (χ1v) is 11.3. The van der Waals surface area contributed by atoms with Crippen LogP contribution < -0.4 is 24.3 Å². The van der Waals surface area contributed by atoms with Crippen molar-refractivity contribution in [2.45, 2.75) is 19.4 Å². The number of halogens is 1. The summed E-state index contributed by atoms with van der Waals surface area (Å²) in [5, 5.41) is 3.17. The molecule has 0 bridgehead atoms.